The highest BCUT2D eigenvalue weighted by Gasteiger charge is 2.32. The first kappa shape index (κ1) is 15.4. The predicted molar refractivity (Wildman–Crippen MR) is 81.4 cm³/mol. The van der Waals surface area contributed by atoms with Gasteiger partial charge in [-0.1, -0.05) is 32.0 Å². The van der Waals surface area contributed by atoms with Gasteiger partial charge in [-0.25, -0.2) is 4.79 Å². The van der Waals surface area contributed by atoms with Crippen molar-refractivity contribution in [3.8, 4) is 0 Å². The largest absolute Gasteiger partial charge is 0.481 e. The zero-order valence-corrected chi connectivity index (χ0v) is 12.6. The van der Waals surface area contributed by atoms with Crippen LogP contribution in [0.3, 0.4) is 0 Å². The minimum atomic E-state index is -0.836. The number of hydrogen-bond acceptors (Lipinski definition) is 2. The fourth-order valence-electron chi connectivity index (χ4n) is 2.58. The number of anilines is 1. The molecule has 0 aromatic heterocycles. The Balaban J connectivity index is 2.02. The third-order valence-corrected chi connectivity index (χ3v) is 3.83. The van der Waals surface area contributed by atoms with Gasteiger partial charge in [0.1, 0.15) is 0 Å². The summed E-state index contributed by atoms with van der Waals surface area (Å²) < 4.78 is 0. The second kappa shape index (κ2) is 6.16. The van der Waals surface area contributed by atoms with Gasteiger partial charge in [-0.2, -0.15) is 0 Å². The number of aryl methyl sites for hydroxylation is 1. The first-order chi connectivity index (χ1) is 9.87. The zero-order valence-electron chi connectivity index (χ0n) is 12.6. The summed E-state index contributed by atoms with van der Waals surface area (Å²) in [6.45, 7) is 5.81. The van der Waals surface area contributed by atoms with Crippen LogP contribution >= 0.6 is 0 Å². The van der Waals surface area contributed by atoms with Crippen LogP contribution in [0.25, 0.3) is 0 Å². The Kier molecular flexibility index (Phi) is 4.50. The molecule has 1 heterocycles. The predicted octanol–water partition coefficient (Wildman–Crippen LogP) is 2.97. The smallest absolute Gasteiger partial charge is 0.321 e. The standard InChI is InChI=1S/C16H22N2O3/c1-16(2)9-10-18(11-16)15(21)17-13-6-4-3-5-12(13)7-8-14(19)20/h3-6H,7-11H2,1-2H3,(H,17,21)(H,19,20). The molecule has 5 heteroatoms. The van der Waals surface area contributed by atoms with Gasteiger partial charge >= 0.3 is 12.0 Å². The molecule has 1 saturated heterocycles. The first-order valence-corrected chi connectivity index (χ1v) is 7.23. The Bertz CT molecular complexity index is 540. The van der Waals surface area contributed by atoms with Crippen molar-refractivity contribution in [3.05, 3.63) is 29.8 Å². The van der Waals surface area contributed by atoms with E-state index in [4.69, 9.17) is 5.11 Å². The molecule has 0 atom stereocenters. The van der Waals surface area contributed by atoms with Crippen LogP contribution in [0.5, 0.6) is 0 Å². The van der Waals surface area contributed by atoms with E-state index in [1.165, 1.54) is 0 Å². The van der Waals surface area contributed by atoms with Crippen molar-refractivity contribution in [1.82, 2.24) is 4.90 Å². The number of rotatable bonds is 4. The van der Waals surface area contributed by atoms with Gasteiger partial charge in [-0.3, -0.25) is 4.79 Å². The lowest BCUT2D eigenvalue weighted by Gasteiger charge is -2.21. The van der Waals surface area contributed by atoms with Crippen molar-refractivity contribution >= 4 is 17.7 Å². The third-order valence-electron chi connectivity index (χ3n) is 3.83. The van der Waals surface area contributed by atoms with E-state index in [-0.39, 0.29) is 17.9 Å². The van der Waals surface area contributed by atoms with Crippen LogP contribution in [0.15, 0.2) is 24.3 Å². The molecule has 0 bridgehead atoms. The van der Waals surface area contributed by atoms with Crippen LogP contribution in [0.1, 0.15) is 32.3 Å². The molecule has 5 nitrogen and oxygen atoms in total. The van der Waals surface area contributed by atoms with Crippen molar-refractivity contribution in [2.75, 3.05) is 18.4 Å². The molecule has 21 heavy (non-hydrogen) atoms. The zero-order chi connectivity index (χ0) is 15.5. The summed E-state index contributed by atoms with van der Waals surface area (Å²) in [6, 6.07) is 7.26. The Labute approximate surface area is 125 Å². The number of carboxylic acid groups (broad SMARTS) is 1. The minimum absolute atomic E-state index is 0.0592. The highest BCUT2D eigenvalue weighted by Crippen LogP contribution is 2.29. The van der Waals surface area contributed by atoms with Gasteiger partial charge in [0.05, 0.1) is 0 Å². The van der Waals surface area contributed by atoms with Crippen LogP contribution in [0, 0.1) is 5.41 Å². The lowest BCUT2D eigenvalue weighted by Crippen LogP contribution is -2.34. The lowest BCUT2D eigenvalue weighted by molar-refractivity contribution is -0.136. The normalized spacial score (nSPS) is 16.8. The number of nitrogens with one attached hydrogen (secondary N) is 1. The number of benzene rings is 1. The Hall–Kier alpha value is -2.04. The number of hydrogen-bond donors (Lipinski definition) is 2. The van der Waals surface area contributed by atoms with E-state index in [0.29, 0.717) is 12.1 Å². The molecule has 1 aliphatic rings. The van der Waals surface area contributed by atoms with Crippen LogP contribution < -0.4 is 5.32 Å². The van der Waals surface area contributed by atoms with Gasteiger partial charge in [-0.05, 0) is 29.9 Å². The van der Waals surface area contributed by atoms with Gasteiger partial charge in [-0.15, -0.1) is 0 Å². The second-order valence-electron chi connectivity index (χ2n) is 6.32. The molecule has 1 aromatic rings. The maximum atomic E-state index is 12.3. The molecule has 0 unspecified atom stereocenters. The highest BCUT2D eigenvalue weighted by atomic mass is 16.4. The molecule has 1 aliphatic heterocycles. The summed E-state index contributed by atoms with van der Waals surface area (Å²) in [4.78, 5) is 24.8. The maximum Gasteiger partial charge on any atom is 0.321 e. The molecule has 0 aliphatic carbocycles. The van der Waals surface area contributed by atoms with Crippen molar-refractivity contribution < 1.29 is 14.7 Å². The van der Waals surface area contributed by atoms with E-state index in [0.717, 1.165) is 25.1 Å². The summed E-state index contributed by atoms with van der Waals surface area (Å²) in [6.07, 6.45) is 1.47. The summed E-state index contributed by atoms with van der Waals surface area (Å²) >= 11 is 0. The van der Waals surface area contributed by atoms with Crippen molar-refractivity contribution in [1.29, 1.82) is 0 Å². The number of aliphatic carboxylic acids is 1. The van der Waals surface area contributed by atoms with Crippen LogP contribution in [-0.2, 0) is 11.2 Å². The molecule has 114 valence electrons. The van der Waals surface area contributed by atoms with Gasteiger partial charge in [0.15, 0.2) is 0 Å². The molecule has 2 amide bonds. The monoisotopic (exact) mass is 290 g/mol. The minimum Gasteiger partial charge on any atom is -0.481 e. The molecule has 2 N–H and O–H groups in total. The van der Waals surface area contributed by atoms with E-state index in [1.807, 2.05) is 29.2 Å². The van der Waals surface area contributed by atoms with Crippen molar-refractivity contribution in [2.45, 2.75) is 33.1 Å². The average molecular weight is 290 g/mol. The molecule has 0 radical (unpaired) electrons. The Morgan fingerprint density at radius 3 is 2.67 bits per heavy atom. The Morgan fingerprint density at radius 1 is 1.33 bits per heavy atom. The number of nitrogens with zero attached hydrogens (tertiary/aromatic N) is 1. The molecule has 0 saturated carbocycles. The summed E-state index contributed by atoms with van der Waals surface area (Å²) in [7, 11) is 0. The van der Waals surface area contributed by atoms with Gasteiger partial charge in [0, 0.05) is 25.2 Å². The topological polar surface area (TPSA) is 69.6 Å². The number of likely N-dealkylation sites (tertiary alicyclic amines) is 1. The fraction of sp³-hybridized carbons (Fsp3) is 0.500. The lowest BCUT2D eigenvalue weighted by atomic mass is 9.93. The van der Waals surface area contributed by atoms with Crippen LogP contribution in [0.2, 0.25) is 0 Å². The quantitative estimate of drug-likeness (QED) is 0.895. The number of para-hydroxylation sites is 1. The third kappa shape index (κ3) is 4.21. The summed E-state index contributed by atoms with van der Waals surface area (Å²) in [5.41, 5.74) is 1.72. The van der Waals surface area contributed by atoms with Gasteiger partial charge in [0.2, 0.25) is 0 Å². The van der Waals surface area contributed by atoms with Crippen LogP contribution in [0.4, 0.5) is 10.5 Å². The fourth-order valence-corrected chi connectivity index (χ4v) is 2.58. The number of urea groups is 1. The molecular formula is C16H22N2O3. The van der Waals surface area contributed by atoms with E-state index < -0.39 is 5.97 Å². The molecule has 1 aromatic carbocycles. The SMILES string of the molecule is CC1(C)CCN(C(=O)Nc2ccccc2CCC(=O)O)C1. The van der Waals surface area contributed by atoms with E-state index in [9.17, 15) is 9.59 Å². The molecule has 1 fully saturated rings. The maximum absolute atomic E-state index is 12.3. The average Bonchev–Trinajstić information content (AvgIpc) is 2.78. The molecular weight excluding hydrogens is 268 g/mol. The first-order valence-electron chi connectivity index (χ1n) is 7.23. The van der Waals surface area contributed by atoms with Crippen molar-refractivity contribution in [2.24, 2.45) is 5.41 Å². The highest BCUT2D eigenvalue weighted by molar-refractivity contribution is 5.90. The number of carboxylic acids is 1. The van der Waals surface area contributed by atoms with Crippen molar-refractivity contribution in [3.63, 3.8) is 0 Å². The van der Waals surface area contributed by atoms with Gasteiger partial charge < -0.3 is 15.3 Å². The summed E-state index contributed by atoms with van der Waals surface area (Å²) in [5.74, 6) is -0.836. The van der Waals surface area contributed by atoms with Gasteiger partial charge in [0.25, 0.3) is 0 Å². The van der Waals surface area contributed by atoms with Crippen LogP contribution in [-0.4, -0.2) is 35.1 Å². The summed E-state index contributed by atoms with van der Waals surface area (Å²) in [5, 5.41) is 11.7. The number of carbonyl (C=O) groups excluding carboxylic acids is 1. The second-order valence-corrected chi connectivity index (χ2v) is 6.32. The molecule has 2 rings (SSSR count). The number of amides is 2. The van der Waals surface area contributed by atoms with E-state index >= 15 is 0 Å². The Morgan fingerprint density at radius 2 is 2.05 bits per heavy atom. The number of carbonyl (C=O) groups is 2. The van der Waals surface area contributed by atoms with E-state index in [2.05, 4.69) is 19.2 Å². The molecule has 0 spiro atoms. The van der Waals surface area contributed by atoms with E-state index in [1.54, 1.807) is 0 Å².